The Labute approximate surface area is 207 Å². The average Bonchev–Trinajstić information content (AvgIpc) is 2.86. The van der Waals surface area contributed by atoms with Crippen LogP contribution in [0.2, 0.25) is 5.02 Å². The minimum atomic E-state index is -1.44. The second-order valence-electron chi connectivity index (χ2n) is 8.59. The van der Waals surface area contributed by atoms with Crippen molar-refractivity contribution in [2.24, 2.45) is 7.05 Å². The van der Waals surface area contributed by atoms with Gasteiger partial charge in [0.2, 0.25) is 5.56 Å². The molecule has 4 N–H and O–H groups in total. The zero-order valence-electron chi connectivity index (χ0n) is 19.0. The van der Waals surface area contributed by atoms with E-state index in [9.17, 15) is 25.2 Å². The summed E-state index contributed by atoms with van der Waals surface area (Å²) in [5, 5.41) is 40.6. The molecule has 2 heterocycles. The van der Waals surface area contributed by atoms with E-state index in [1.807, 2.05) is 24.3 Å². The van der Waals surface area contributed by atoms with Crippen LogP contribution in [0.4, 0.5) is 0 Å². The van der Waals surface area contributed by atoms with Crippen molar-refractivity contribution in [3.05, 3.63) is 104 Å². The molecule has 0 bridgehead atoms. The van der Waals surface area contributed by atoms with Crippen molar-refractivity contribution in [1.82, 2.24) is 4.57 Å². The topological polar surface area (TPSA) is 112 Å². The van der Waals surface area contributed by atoms with Crippen LogP contribution in [0.5, 0.6) is 0 Å². The Kier molecular flexibility index (Phi) is 7.72. The Hall–Kier alpha value is -2.96. The molecule has 8 heteroatoms. The number of nitrogens with zero attached hydrogens (tertiary/aromatic N) is 1. The highest BCUT2D eigenvalue weighted by Gasteiger charge is 2.44. The molecule has 1 aromatic heterocycles. The molecule has 0 amide bonds. The van der Waals surface area contributed by atoms with Crippen molar-refractivity contribution >= 4 is 11.6 Å². The minimum Gasteiger partial charge on any atom is -0.394 e. The number of rotatable bonds is 4. The van der Waals surface area contributed by atoms with E-state index < -0.39 is 37.1 Å². The SMILES string of the molecule is Cn1cc(C#Cc2ccc(Cc3cc(C4OC(CO)[C@@H](O)[C@H](O)[C@H]4O)ccc3Cl)cc2)ccc1=O. The van der Waals surface area contributed by atoms with Gasteiger partial charge in [0, 0.05) is 35.5 Å². The van der Waals surface area contributed by atoms with Gasteiger partial charge in [0.05, 0.1) is 6.61 Å². The highest BCUT2D eigenvalue weighted by atomic mass is 35.5. The Morgan fingerprint density at radius 3 is 2.31 bits per heavy atom. The average molecular weight is 496 g/mol. The first-order valence-corrected chi connectivity index (χ1v) is 11.5. The fraction of sp³-hybridized carbons (Fsp3) is 0.296. The zero-order chi connectivity index (χ0) is 25.1. The van der Waals surface area contributed by atoms with Crippen molar-refractivity contribution in [1.29, 1.82) is 0 Å². The molecule has 1 aliphatic heterocycles. The number of ether oxygens (including phenoxy) is 1. The molecular formula is C27H26ClNO6. The van der Waals surface area contributed by atoms with Crippen molar-refractivity contribution in [3.63, 3.8) is 0 Å². The second kappa shape index (κ2) is 10.8. The molecule has 7 nitrogen and oxygen atoms in total. The first kappa shape index (κ1) is 25.1. The van der Waals surface area contributed by atoms with Gasteiger partial charge in [-0.1, -0.05) is 47.7 Å². The van der Waals surface area contributed by atoms with Crippen LogP contribution in [0.3, 0.4) is 0 Å². The fourth-order valence-electron chi connectivity index (χ4n) is 4.02. The van der Waals surface area contributed by atoms with Crippen molar-refractivity contribution in [2.45, 2.75) is 36.9 Å². The van der Waals surface area contributed by atoms with Crippen LogP contribution in [0.1, 0.15) is 33.9 Å². The second-order valence-corrected chi connectivity index (χ2v) is 9.00. The van der Waals surface area contributed by atoms with Gasteiger partial charge in [-0.25, -0.2) is 0 Å². The summed E-state index contributed by atoms with van der Waals surface area (Å²) in [6, 6.07) is 16.0. The Balaban J connectivity index is 1.51. The van der Waals surface area contributed by atoms with Crippen LogP contribution < -0.4 is 5.56 Å². The molecule has 0 radical (unpaired) electrons. The molecule has 1 fully saturated rings. The van der Waals surface area contributed by atoms with Gasteiger partial charge >= 0.3 is 0 Å². The largest absolute Gasteiger partial charge is 0.394 e. The van der Waals surface area contributed by atoms with Gasteiger partial charge in [0.15, 0.2) is 0 Å². The number of aromatic nitrogens is 1. The van der Waals surface area contributed by atoms with Gasteiger partial charge in [0.25, 0.3) is 0 Å². The fourth-order valence-corrected chi connectivity index (χ4v) is 4.21. The highest BCUT2D eigenvalue weighted by molar-refractivity contribution is 6.31. The minimum absolute atomic E-state index is 0.0887. The molecule has 0 saturated carbocycles. The van der Waals surface area contributed by atoms with Crippen LogP contribution in [-0.4, -0.2) is 56.0 Å². The molecule has 4 rings (SSSR count). The lowest BCUT2D eigenvalue weighted by atomic mass is 9.90. The number of hydrogen-bond donors (Lipinski definition) is 4. The van der Waals surface area contributed by atoms with E-state index in [1.54, 1.807) is 37.5 Å². The van der Waals surface area contributed by atoms with E-state index >= 15 is 0 Å². The molecule has 0 spiro atoms. The van der Waals surface area contributed by atoms with Gasteiger partial charge in [-0.15, -0.1) is 0 Å². The number of aliphatic hydroxyl groups is 4. The number of hydrogen-bond acceptors (Lipinski definition) is 6. The normalized spacial score (nSPS) is 24.0. The molecular weight excluding hydrogens is 470 g/mol. The number of halogens is 1. The van der Waals surface area contributed by atoms with E-state index in [2.05, 4.69) is 11.8 Å². The summed E-state index contributed by atoms with van der Waals surface area (Å²) >= 11 is 6.42. The van der Waals surface area contributed by atoms with E-state index in [0.717, 1.165) is 22.3 Å². The van der Waals surface area contributed by atoms with E-state index in [-0.39, 0.29) is 5.56 Å². The Morgan fingerprint density at radius 2 is 1.63 bits per heavy atom. The van der Waals surface area contributed by atoms with E-state index in [4.69, 9.17) is 16.3 Å². The third-order valence-electron chi connectivity index (χ3n) is 6.08. The van der Waals surface area contributed by atoms with Gasteiger partial charge in [0.1, 0.15) is 30.5 Å². The van der Waals surface area contributed by atoms with Gasteiger partial charge in [-0.3, -0.25) is 4.79 Å². The highest BCUT2D eigenvalue weighted by Crippen LogP contribution is 2.34. The summed E-state index contributed by atoms with van der Waals surface area (Å²) in [5.41, 5.74) is 3.85. The molecule has 3 aromatic rings. The first-order chi connectivity index (χ1) is 16.8. The molecule has 2 aromatic carbocycles. The summed E-state index contributed by atoms with van der Waals surface area (Å²) in [5.74, 6) is 6.13. The molecule has 182 valence electrons. The number of pyridine rings is 1. The van der Waals surface area contributed by atoms with Gasteiger partial charge in [-0.2, -0.15) is 0 Å². The molecule has 1 aliphatic rings. The maximum absolute atomic E-state index is 11.5. The number of aliphatic hydroxyl groups excluding tert-OH is 4. The third-order valence-corrected chi connectivity index (χ3v) is 6.44. The van der Waals surface area contributed by atoms with Crippen LogP contribution in [0.15, 0.2) is 65.6 Å². The Morgan fingerprint density at radius 1 is 0.943 bits per heavy atom. The summed E-state index contributed by atoms with van der Waals surface area (Å²) in [4.78, 5) is 11.5. The zero-order valence-corrected chi connectivity index (χ0v) is 19.8. The Bertz CT molecular complexity index is 1310. The predicted octanol–water partition coefficient (Wildman–Crippen LogP) is 1.54. The van der Waals surface area contributed by atoms with E-state index in [1.165, 1.54) is 10.6 Å². The van der Waals surface area contributed by atoms with Crippen LogP contribution in [0, 0.1) is 11.8 Å². The third kappa shape index (κ3) is 5.65. The molecule has 5 atom stereocenters. The molecule has 1 saturated heterocycles. The van der Waals surface area contributed by atoms with Crippen LogP contribution in [0.25, 0.3) is 0 Å². The van der Waals surface area contributed by atoms with E-state index in [0.29, 0.717) is 17.0 Å². The summed E-state index contributed by atoms with van der Waals surface area (Å²) in [7, 11) is 1.68. The van der Waals surface area contributed by atoms with Crippen molar-refractivity contribution in [3.8, 4) is 11.8 Å². The maximum Gasteiger partial charge on any atom is 0.250 e. The van der Waals surface area contributed by atoms with Crippen molar-refractivity contribution in [2.75, 3.05) is 6.61 Å². The van der Waals surface area contributed by atoms with Gasteiger partial charge < -0.3 is 29.7 Å². The quantitative estimate of drug-likeness (QED) is 0.409. The maximum atomic E-state index is 11.5. The number of benzene rings is 2. The lowest BCUT2D eigenvalue weighted by molar-refractivity contribution is -0.231. The molecule has 35 heavy (non-hydrogen) atoms. The van der Waals surface area contributed by atoms with Crippen LogP contribution in [-0.2, 0) is 18.2 Å². The smallest absolute Gasteiger partial charge is 0.250 e. The lowest BCUT2D eigenvalue weighted by Gasteiger charge is -2.40. The monoisotopic (exact) mass is 495 g/mol. The standard InChI is InChI=1S/C27H26ClNO6/c1-29-14-18(8-11-23(29)31)7-4-16-2-5-17(6-3-16)12-20-13-19(9-10-21(20)28)27-26(34)25(33)24(32)22(15-30)35-27/h2-3,5-6,8-11,13-14,22,24-27,30,32-34H,12,15H2,1H3/t22?,24-,25+,26-,27?/m1/s1. The first-order valence-electron chi connectivity index (χ1n) is 11.1. The predicted molar refractivity (Wildman–Crippen MR) is 131 cm³/mol. The number of aryl methyl sites for hydroxylation is 1. The van der Waals surface area contributed by atoms with Gasteiger partial charge in [-0.05, 0) is 47.4 Å². The summed E-state index contributed by atoms with van der Waals surface area (Å²) in [6.45, 7) is -0.487. The lowest BCUT2D eigenvalue weighted by Crippen LogP contribution is -2.55. The molecule has 2 unspecified atom stereocenters. The van der Waals surface area contributed by atoms with Crippen molar-refractivity contribution < 1.29 is 25.2 Å². The summed E-state index contributed by atoms with van der Waals surface area (Å²) in [6.07, 6.45) is -3.91. The van der Waals surface area contributed by atoms with Crippen LogP contribution >= 0.6 is 11.6 Å². The molecule has 0 aliphatic carbocycles. The summed E-state index contributed by atoms with van der Waals surface area (Å²) < 4.78 is 7.15.